The molecule has 0 bridgehead atoms. The van der Waals surface area contributed by atoms with Crippen LogP contribution in [-0.4, -0.2) is 39.7 Å². The van der Waals surface area contributed by atoms with Crippen molar-refractivity contribution in [3.05, 3.63) is 34.6 Å². The fourth-order valence-corrected chi connectivity index (χ4v) is 2.29. The summed E-state index contributed by atoms with van der Waals surface area (Å²) < 4.78 is 14.7. The van der Waals surface area contributed by atoms with Crippen LogP contribution in [0.3, 0.4) is 0 Å². The average Bonchev–Trinajstić information content (AvgIpc) is 2.61. The molecular weight excluding hydrogens is 492 g/mol. The zero-order valence-corrected chi connectivity index (χ0v) is 20.3. The summed E-state index contributed by atoms with van der Waals surface area (Å²) in [5, 5.41) is 13.8. The molecule has 0 fully saturated rings. The predicted molar refractivity (Wildman–Crippen MR) is 123 cm³/mol. The van der Waals surface area contributed by atoms with E-state index >= 15 is 0 Å². The molecule has 10 nitrogen and oxygen atoms in total. The number of nitro groups is 1. The van der Waals surface area contributed by atoms with Gasteiger partial charge in [-0.2, -0.15) is 0 Å². The Balaban J connectivity index is 0.000000861. The number of nitrogens with zero attached hydrogens (tertiary/aromatic N) is 3. The number of fused-ring (bicyclic) bond motifs is 1. The molecule has 2 heterocycles. The molecule has 31 heavy (non-hydrogen) atoms. The van der Waals surface area contributed by atoms with E-state index in [1.165, 1.54) is 6.20 Å². The number of hydrogen-bond donors (Lipinski definition) is 2. The van der Waals surface area contributed by atoms with Crippen LogP contribution >= 0.6 is 38.9 Å². The van der Waals surface area contributed by atoms with Crippen molar-refractivity contribution >= 4 is 67.4 Å². The quantitative estimate of drug-likeness (QED) is 0.197. The molecule has 0 spiro atoms. The molecule has 1 amide bonds. The summed E-state index contributed by atoms with van der Waals surface area (Å²) in [6, 6.07) is 3.48. The third-order valence-electron chi connectivity index (χ3n) is 3.38. The Morgan fingerprint density at radius 2 is 1.84 bits per heavy atom. The zero-order chi connectivity index (χ0) is 23.7. The van der Waals surface area contributed by atoms with Gasteiger partial charge in [0.05, 0.1) is 10.4 Å². The van der Waals surface area contributed by atoms with Crippen LogP contribution in [0.1, 0.15) is 33.6 Å². The maximum atomic E-state index is 11.5. The fourth-order valence-electron chi connectivity index (χ4n) is 2.29. The molecule has 2 rings (SSSR count). The number of rotatable bonds is 7. The van der Waals surface area contributed by atoms with Crippen LogP contribution in [0.15, 0.2) is 24.5 Å². The van der Waals surface area contributed by atoms with Gasteiger partial charge in [0, 0.05) is 19.3 Å². The SMILES string of the molecule is CC(C)(C)OC(=O)NCCCCNc1c([N+](=O)[O-])cnc2cccnc12.O=P(Cl)(Cl)Cl. The van der Waals surface area contributed by atoms with Crippen LogP contribution in [0.5, 0.6) is 0 Å². The zero-order valence-electron chi connectivity index (χ0n) is 17.1. The van der Waals surface area contributed by atoms with Gasteiger partial charge in [-0.25, -0.2) is 9.78 Å². The summed E-state index contributed by atoms with van der Waals surface area (Å²) in [4.78, 5) is 30.5. The lowest BCUT2D eigenvalue weighted by Gasteiger charge is -2.19. The molecule has 0 saturated heterocycles. The van der Waals surface area contributed by atoms with Gasteiger partial charge in [-0.05, 0) is 79.5 Å². The Labute approximate surface area is 193 Å². The van der Waals surface area contributed by atoms with Gasteiger partial charge in [0.1, 0.15) is 23.0 Å². The van der Waals surface area contributed by atoms with E-state index in [-0.39, 0.29) is 5.69 Å². The Kier molecular flexibility index (Phi) is 10.7. The van der Waals surface area contributed by atoms with E-state index in [1.54, 1.807) is 39.1 Å². The number of aromatic nitrogens is 2. The normalized spacial score (nSPS) is 11.3. The van der Waals surface area contributed by atoms with Crippen molar-refractivity contribution in [3.63, 3.8) is 0 Å². The van der Waals surface area contributed by atoms with Gasteiger partial charge in [0.2, 0.25) is 0 Å². The molecular formula is C17H23Cl3N5O5P. The molecule has 2 aromatic heterocycles. The Bertz CT molecular complexity index is 943. The molecule has 0 atom stereocenters. The molecule has 0 saturated carbocycles. The molecule has 0 aliphatic rings. The highest BCUT2D eigenvalue weighted by Gasteiger charge is 2.18. The predicted octanol–water partition coefficient (Wildman–Crippen LogP) is 6.07. The molecule has 0 aliphatic heterocycles. The minimum Gasteiger partial charge on any atom is -0.444 e. The van der Waals surface area contributed by atoms with Gasteiger partial charge >= 0.3 is 17.0 Å². The third kappa shape index (κ3) is 11.9. The smallest absolute Gasteiger partial charge is 0.407 e. The molecule has 0 aliphatic carbocycles. The maximum absolute atomic E-state index is 11.5. The van der Waals surface area contributed by atoms with Crippen LogP contribution in [-0.2, 0) is 9.30 Å². The van der Waals surface area contributed by atoms with Gasteiger partial charge < -0.3 is 15.4 Å². The number of carbonyl (C=O) groups excluding carboxylic acids is 1. The van der Waals surface area contributed by atoms with Gasteiger partial charge in [0.25, 0.3) is 0 Å². The van der Waals surface area contributed by atoms with E-state index in [0.717, 1.165) is 0 Å². The summed E-state index contributed by atoms with van der Waals surface area (Å²) in [6.07, 6.45) is 3.77. The molecule has 172 valence electrons. The maximum Gasteiger partial charge on any atom is 0.407 e. The number of alkyl carbamates (subject to hydrolysis) is 1. The van der Waals surface area contributed by atoms with Crippen molar-refractivity contribution in [1.29, 1.82) is 0 Å². The number of halogens is 3. The monoisotopic (exact) mass is 513 g/mol. The first-order valence-corrected chi connectivity index (χ1v) is 13.5. The second kappa shape index (κ2) is 12.2. The number of ether oxygens (including phenoxy) is 1. The summed E-state index contributed by atoms with van der Waals surface area (Å²) in [5.41, 5.74) is 0.782. The first-order valence-electron chi connectivity index (χ1n) is 9.06. The number of carbonyl (C=O) groups is 1. The summed E-state index contributed by atoms with van der Waals surface area (Å²) >= 11 is 13.8. The second-order valence-electron chi connectivity index (χ2n) is 7.11. The van der Waals surface area contributed by atoms with E-state index in [2.05, 4.69) is 54.3 Å². The Morgan fingerprint density at radius 1 is 1.23 bits per heavy atom. The van der Waals surface area contributed by atoms with Crippen molar-refractivity contribution < 1.29 is 19.0 Å². The lowest BCUT2D eigenvalue weighted by atomic mass is 10.2. The molecule has 2 aromatic rings. The van der Waals surface area contributed by atoms with Gasteiger partial charge in [-0.1, -0.05) is 0 Å². The molecule has 0 unspecified atom stereocenters. The summed E-state index contributed by atoms with van der Waals surface area (Å²) in [7, 11) is 0. The van der Waals surface area contributed by atoms with Crippen molar-refractivity contribution in [3.8, 4) is 0 Å². The topological polar surface area (TPSA) is 136 Å². The number of anilines is 1. The third-order valence-corrected chi connectivity index (χ3v) is 3.38. The van der Waals surface area contributed by atoms with Crippen molar-refractivity contribution in [2.45, 2.75) is 39.2 Å². The van der Waals surface area contributed by atoms with Gasteiger partial charge in [-0.3, -0.25) is 19.7 Å². The highest BCUT2D eigenvalue weighted by molar-refractivity contribution is 8.24. The molecule has 14 heteroatoms. The van der Waals surface area contributed by atoms with Crippen molar-refractivity contribution in [1.82, 2.24) is 15.3 Å². The van der Waals surface area contributed by atoms with Crippen LogP contribution in [0.25, 0.3) is 11.0 Å². The van der Waals surface area contributed by atoms with Gasteiger partial charge in [0.15, 0.2) is 0 Å². The largest absolute Gasteiger partial charge is 0.444 e. The average molecular weight is 515 g/mol. The van der Waals surface area contributed by atoms with Crippen LogP contribution in [0.4, 0.5) is 16.2 Å². The van der Waals surface area contributed by atoms with E-state index in [9.17, 15) is 19.5 Å². The lowest BCUT2D eigenvalue weighted by molar-refractivity contribution is -0.384. The highest BCUT2D eigenvalue weighted by atomic mass is 36.0. The second-order valence-corrected chi connectivity index (χ2v) is 13.7. The molecule has 0 aromatic carbocycles. The minimum atomic E-state index is -3.22. The lowest BCUT2D eigenvalue weighted by Crippen LogP contribution is -2.33. The fraction of sp³-hybridized carbons (Fsp3) is 0.471. The first-order chi connectivity index (χ1) is 14.3. The number of unbranched alkanes of at least 4 members (excludes halogenated alkanes) is 1. The van der Waals surface area contributed by atoms with Crippen LogP contribution in [0.2, 0.25) is 0 Å². The number of nitrogens with one attached hydrogen (secondary N) is 2. The Hall–Kier alpha value is -1.87. The van der Waals surface area contributed by atoms with Gasteiger partial charge in [-0.15, -0.1) is 0 Å². The van der Waals surface area contributed by atoms with Crippen molar-refractivity contribution in [2.75, 3.05) is 18.4 Å². The highest BCUT2D eigenvalue weighted by Crippen LogP contribution is 2.61. The van der Waals surface area contributed by atoms with Crippen LogP contribution < -0.4 is 10.6 Å². The first kappa shape index (κ1) is 27.2. The van der Waals surface area contributed by atoms with E-state index < -0.39 is 21.8 Å². The number of pyridine rings is 2. The summed E-state index contributed by atoms with van der Waals surface area (Å²) in [6.45, 7) is 6.38. The van der Waals surface area contributed by atoms with E-state index in [0.29, 0.717) is 42.7 Å². The number of amides is 1. The van der Waals surface area contributed by atoms with E-state index in [4.69, 9.17) is 4.74 Å². The van der Waals surface area contributed by atoms with Crippen molar-refractivity contribution in [2.24, 2.45) is 0 Å². The Morgan fingerprint density at radius 3 is 2.42 bits per heavy atom. The minimum absolute atomic E-state index is 0.108. The van der Waals surface area contributed by atoms with E-state index in [1.807, 2.05) is 0 Å². The van der Waals surface area contributed by atoms with Crippen LogP contribution in [0, 0.1) is 10.1 Å². The standard InChI is InChI=1S/C17H23N5O4.Cl3OP/c1-17(2,3)26-16(23)20-9-5-4-8-19-15-13(22(24)25)11-21-12-7-6-10-18-14(12)15;1-5(2,3)4/h6-7,10-11H,4-5,8-9H2,1-3H3,(H,19,21)(H,20,23);. The molecule has 0 radical (unpaired) electrons. The number of hydrogen-bond acceptors (Lipinski definition) is 8. The summed E-state index contributed by atoms with van der Waals surface area (Å²) in [5.74, 6) is 0. The molecule has 2 N–H and O–H groups in total.